The summed E-state index contributed by atoms with van der Waals surface area (Å²) in [5.74, 6) is 0.493. The molecule has 158 valence electrons. The number of amides is 3. The lowest BCUT2D eigenvalue weighted by molar-refractivity contribution is -0.129. The van der Waals surface area contributed by atoms with Gasteiger partial charge in [0.25, 0.3) is 5.91 Å². The number of piperazine rings is 1. The molecule has 1 aliphatic carbocycles. The predicted molar refractivity (Wildman–Crippen MR) is 114 cm³/mol. The van der Waals surface area contributed by atoms with Gasteiger partial charge < -0.3 is 9.80 Å². The smallest absolute Gasteiger partial charge is 0.253 e. The van der Waals surface area contributed by atoms with Gasteiger partial charge in [-0.3, -0.25) is 19.7 Å². The number of aryl methyl sites for hydroxylation is 2. The van der Waals surface area contributed by atoms with Crippen LogP contribution in [0.3, 0.4) is 0 Å². The number of imide groups is 1. The SMILES string of the molecule is Cc1cnc(N2CCN(C(=O)C3=CCC([C@@]4(C)CC(=O)NC4=O)C=C3)CC2)c(C)c1. The molecular formula is C23H28N4O3. The first-order chi connectivity index (χ1) is 14.3. The highest BCUT2D eigenvalue weighted by molar-refractivity contribution is 6.06. The van der Waals surface area contributed by atoms with Crippen LogP contribution in [0.1, 0.15) is 30.9 Å². The Bertz CT molecular complexity index is 959. The van der Waals surface area contributed by atoms with E-state index >= 15 is 0 Å². The highest BCUT2D eigenvalue weighted by Gasteiger charge is 2.47. The van der Waals surface area contributed by atoms with Crippen LogP contribution >= 0.6 is 0 Å². The second-order valence-corrected chi connectivity index (χ2v) is 8.76. The molecule has 7 nitrogen and oxygen atoms in total. The molecule has 1 unspecified atom stereocenters. The number of nitrogens with one attached hydrogen (secondary N) is 1. The van der Waals surface area contributed by atoms with Crippen molar-refractivity contribution in [3.8, 4) is 0 Å². The van der Waals surface area contributed by atoms with Crippen LogP contribution in [0.2, 0.25) is 0 Å². The maximum absolute atomic E-state index is 13.0. The summed E-state index contributed by atoms with van der Waals surface area (Å²) >= 11 is 0. The van der Waals surface area contributed by atoms with Crippen LogP contribution < -0.4 is 10.2 Å². The van der Waals surface area contributed by atoms with Gasteiger partial charge in [0.05, 0.1) is 5.41 Å². The zero-order valence-electron chi connectivity index (χ0n) is 17.8. The van der Waals surface area contributed by atoms with Crippen LogP contribution in [-0.4, -0.2) is 53.8 Å². The number of anilines is 1. The summed E-state index contributed by atoms with van der Waals surface area (Å²) < 4.78 is 0. The molecule has 4 rings (SSSR count). The van der Waals surface area contributed by atoms with Crippen LogP contribution in [0.15, 0.2) is 36.1 Å². The summed E-state index contributed by atoms with van der Waals surface area (Å²) in [6, 6.07) is 2.13. The zero-order chi connectivity index (χ0) is 21.5. The van der Waals surface area contributed by atoms with Gasteiger partial charge in [-0.15, -0.1) is 0 Å². The number of rotatable bonds is 3. The third kappa shape index (κ3) is 3.64. The predicted octanol–water partition coefficient (Wildman–Crippen LogP) is 1.90. The lowest BCUT2D eigenvalue weighted by Crippen LogP contribution is -2.49. The fourth-order valence-electron chi connectivity index (χ4n) is 4.62. The van der Waals surface area contributed by atoms with Gasteiger partial charge in [-0.05, 0) is 44.2 Å². The van der Waals surface area contributed by atoms with Crippen molar-refractivity contribution in [2.75, 3.05) is 31.1 Å². The summed E-state index contributed by atoms with van der Waals surface area (Å²) in [5.41, 5.74) is 2.23. The number of pyridine rings is 1. The van der Waals surface area contributed by atoms with Crippen LogP contribution in [0.25, 0.3) is 0 Å². The number of carbonyl (C=O) groups is 3. The molecule has 2 aliphatic heterocycles. The quantitative estimate of drug-likeness (QED) is 0.773. The van der Waals surface area contributed by atoms with Crippen LogP contribution in [0.5, 0.6) is 0 Å². The first kappa shape index (κ1) is 20.3. The maximum atomic E-state index is 13.0. The van der Waals surface area contributed by atoms with Crippen molar-refractivity contribution in [2.45, 2.75) is 33.6 Å². The monoisotopic (exact) mass is 408 g/mol. The Labute approximate surface area is 176 Å². The normalized spacial score (nSPS) is 26.6. The number of aromatic nitrogens is 1. The Balaban J connectivity index is 1.36. The van der Waals surface area contributed by atoms with E-state index in [2.05, 4.69) is 28.2 Å². The van der Waals surface area contributed by atoms with E-state index in [9.17, 15) is 14.4 Å². The van der Waals surface area contributed by atoms with E-state index in [1.807, 2.05) is 43.2 Å². The summed E-state index contributed by atoms with van der Waals surface area (Å²) in [6.07, 6.45) is 8.31. The first-order valence-corrected chi connectivity index (χ1v) is 10.5. The molecule has 1 aromatic rings. The van der Waals surface area contributed by atoms with Gasteiger partial charge in [0, 0.05) is 44.4 Å². The number of carbonyl (C=O) groups excluding carboxylic acids is 3. The zero-order valence-corrected chi connectivity index (χ0v) is 17.8. The average Bonchev–Trinajstić information content (AvgIpc) is 3.00. The number of nitrogens with zero attached hydrogens (tertiary/aromatic N) is 3. The molecule has 7 heteroatoms. The van der Waals surface area contributed by atoms with E-state index < -0.39 is 5.41 Å². The molecule has 1 N–H and O–H groups in total. The number of hydrogen-bond acceptors (Lipinski definition) is 5. The van der Waals surface area contributed by atoms with Crippen LogP contribution in [0, 0.1) is 25.2 Å². The topological polar surface area (TPSA) is 82.6 Å². The summed E-state index contributed by atoms with van der Waals surface area (Å²) in [6.45, 7) is 8.73. The van der Waals surface area contributed by atoms with Gasteiger partial charge in [0.1, 0.15) is 5.82 Å². The second kappa shape index (κ2) is 7.70. The molecule has 0 bridgehead atoms. The molecule has 0 saturated carbocycles. The maximum Gasteiger partial charge on any atom is 0.253 e. The molecule has 30 heavy (non-hydrogen) atoms. The lowest BCUT2D eigenvalue weighted by Gasteiger charge is -2.37. The molecule has 0 radical (unpaired) electrons. The first-order valence-electron chi connectivity index (χ1n) is 10.5. The van der Waals surface area contributed by atoms with Crippen molar-refractivity contribution in [2.24, 2.45) is 11.3 Å². The van der Waals surface area contributed by atoms with Gasteiger partial charge in [-0.2, -0.15) is 0 Å². The minimum Gasteiger partial charge on any atom is -0.353 e. The number of hydrogen-bond donors (Lipinski definition) is 1. The molecule has 2 fully saturated rings. The van der Waals surface area contributed by atoms with Gasteiger partial charge in [0.15, 0.2) is 0 Å². The fraction of sp³-hybridized carbons (Fsp3) is 0.478. The van der Waals surface area contributed by atoms with Gasteiger partial charge in [0.2, 0.25) is 11.8 Å². The highest BCUT2D eigenvalue weighted by Crippen LogP contribution is 2.40. The van der Waals surface area contributed by atoms with Gasteiger partial charge >= 0.3 is 0 Å². The van der Waals surface area contributed by atoms with E-state index in [1.165, 1.54) is 0 Å². The van der Waals surface area contributed by atoms with Crippen LogP contribution in [0.4, 0.5) is 5.82 Å². The molecule has 0 spiro atoms. The van der Waals surface area contributed by atoms with Crippen molar-refractivity contribution in [1.82, 2.24) is 15.2 Å². The second-order valence-electron chi connectivity index (χ2n) is 8.76. The van der Waals surface area contributed by atoms with Crippen molar-refractivity contribution >= 4 is 23.5 Å². The molecule has 0 aromatic carbocycles. The Morgan fingerprint density at radius 1 is 1.20 bits per heavy atom. The average molecular weight is 409 g/mol. The van der Waals surface area contributed by atoms with E-state index in [4.69, 9.17) is 0 Å². The van der Waals surface area contributed by atoms with Gasteiger partial charge in [-0.1, -0.05) is 24.3 Å². The van der Waals surface area contributed by atoms with E-state index in [0.29, 0.717) is 25.1 Å². The standard InChI is InChI=1S/C23H28N4O3/c1-15-12-16(2)20(24-14-15)26-8-10-27(11-9-26)21(29)17-4-6-18(7-5-17)23(3)13-19(28)25-22(23)30/h4-6,12,14,18H,7-11,13H2,1-3H3,(H,25,28,30)/t18?,23-/m1/s1. The van der Waals surface area contributed by atoms with Crippen molar-refractivity contribution in [1.29, 1.82) is 0 Å². The molecule has 3 amide bonds. The van der Waals surface area contributed by atoms with Gasteiger partial charge in [-0.25, -0.2) is 4.98 Å². The van der Waals surface area contributed by atoms with E-state index in [1.54, 1.807) is 0 Å². The third-order valence-electron chi connectivity index (χ3n) is 6.52. The fourth-order valence-corrected chi connectivity index (χ4v) is 4.62. The molecular weight excluding hydrogens is 380 g/mol. The lowest BCUT2D eigenvalue weighted by atomic mass is 9.72. The molecule has 1 aromatic heterocycles. The minimum atomic E-state index is -0.733. The van der Waals surface area contributed by atoms with Crippen molar-refractivity contribution < 1.29 is 14.4 Å². The Morgan fingerprint density at radius 3 is 2.50 bits per heavy atom. The summed E-state index contributed by atoms with van der Waals surface area (Å²) in [7, 11) is 0. The molecule has 3 aliphatic rings. The molecule has 3 heterocycles. The highest BCUT2D eigenvalue weighted by atomic mass is 16.2. The Morgan fingerprint density at radius 2 is 1.93 bits per heavy atom. The van der Waals surface area contributed by atoms with Crippen molar-refractivity contribution in [3.63, 3.8) is 0 Å². The number of allylic oxidation sites excluding steroid dienone is 2. The minimum absolute atomic E-state index is 0.0232. The largest absolute Gasteiger partial charge is 0.353 e. The Hall–Kier alpha value is -2.96. The van der Waals surface area contributed by atoms with Crippen molar-refractivity contribution in [3.05, 3.63) is 47.2 Å². The van der Waals surface area contributed by atoms with E-state index in [0.717, 1.165) is 30.0 Å². The third-order valence-corrected chi connectivity index (χ3v) is 6.52. The molecule has 2 atom stereocenters. The van der Waals surface area contributed by atoms with Crippen LogP contribution in [-0.2, 0) is 14.4 Å². The Kier molecular flexibility index (Phi) is 5.22. The summed E-state index contributed by atoms with van der Waals surface area (Å²) in [5, 5.41) is 2.40. The molecule has 2 saturated heterocycles. The van der Waals surface area contributed by atoms with E-state index in [-0.39, 0.29) is 30.1 Å². The summed E-state index contributed by atoms with van der Waals surface area (Å²) in [4.78, 5) is 45.5.